The van der Waals surface area contributed by atoms with Gasteiger partial charge in [0.25, 0.3) is 5.91 Å². The fourth-order valence-corrected chi connectivity index (χ4v) is 3.55. The maximum absolute atomic E-state index is 12.6. The van der Waals surface area contributed by atoms with E-state index in [0.29, 0.717) is 31.4 Å². The second-order valence-electron chi connectivity index (χ2n) is 6.83. The number of methoxy groups -OCH3 is 1. The smallest absolute Gasteiger partial charge is 0.253 e. The van der Waals surface area contributed by atoms with Crippen LogP contribution in [-0.4, -0.2) is 63.3 Å². The lowest BCUT2D eigenvalue weighted by Crippen LogP contribution is -2.49. The molecule has 0 spiro atoms. The van der Waals surface area contributed by atoms with Gasteiger partial charge in [-0.1, -0.05) is 0 Å². The largest absolute Gasteiger partial charge is 0.497 e. The third-order valence-corrected chi connectivity index (χ3v) is 5.45. The average molecular weight is 373 g/mol. The molecule has 0 bridgehead atoms. The third-order valence-electron chi connectivity index (χ3n) is 5.03. The topological polar surface area (TPSA) is 55.5 Å². The van der Waals surface area contributed by atoms with Crippen molar-refractivity contribution in [3.05, 3.63) is 40.9 Å². The van der Waals surface area contributed by atoms with E-state index < -0.39 is 0 Å². The third kappa shape index (κ3) is 3.52. The van der Waals surface area contributed by atoms with Crippen molar-refractivity contribution in [1.82, 2.24) is 24.1 Å². The highest BCUT2D eigenvalue weighted by atomic mass is 32.1. The van der Waals surface area contributed by atoms with Gasteiger partial charge in [0.15, 0.2) is 4.77 Å². The molecule has 7 nitrogen and oxygen atoms in total. The fourth-order valence-electron chi connectivity index (χ4n) is 3.25. The van der Waals surface area contributed by atoms with Crippen LogP contribution in [0.25, 0.3) is 0 Å². The average Bonchev–Trinajstić information content (AvgIpc) is 3.46. The lowest BCUT2D eigenvalue weighted by atomic mass is 10.1. The van der Waals surface area contributed by atoms with Crippen molar-refractivity contribution >= 4 is 18.1 Å². The van der Waals surface area contributed by atoms with E-state index in [9.17, 15) is 4.79 Å². The fraction of sp³-hybridized carbons (Fsp3) is 0.500. The van der Waals surface area contributed by atoms with Gasteiger partial charge in [-0.15, -0.1) is 0 Å². The number of piperazine rings is 1. The van der Waals surface area contributed by atoms with Crippen LogP contribution in [0.15, 0.2) is 30.6 Å². The monoisotopic (exact) mass is 373 g/mol. The van der Waals surface area contributed by atoms with Gasteiger partial charge in [0, 0.05) is 37.8 Å². The zero-order valence-corrected chi connectivity index (χ0v) is 15.7. The molecule has 2 heterocycles. The Balaban J connectivity index is 1.33. The number of nitrogens with zero attached hydrogens (tertiary/aromatic N) is 5. The summed E-state index contributed by atoms with van der Waals surface area (Å²) in [5.74, 6) is 0.829. The number of carbonyl (C=O) groups is 1. The summed E-state index contributed by atoms with van der Waals surface area (Å²) in [7, 11) is 1.62. The minimum Gasteiger partial charge on any atom is -0.497 e. The van der Waals surface area contributed by atoms with Crippen LogP contribution in [-0.2, 0) is 6.67 Å². The summed E-state index contributed by atoms with van der Waals surface area (Å²) >= 11 is 5.52. The Labute approximate surface area is 157 Å². The molecule has 8 heteroatoms. The molecular weight excluding hydrogens is 350 g/mol. The summed E-state index contributed by atoms with van der Waals surface area (Å²) in [5, 5.41) is 4.43. The first-order valence-corrected chi connectivity index (χ1v) is 9.36. The molecule has 2 aromatic rings. The molecule has 1 aliphatic carbocycles. The highest BCUT2D eigenvalue weighted by Crippen LogP contribution is 2.34. The lowest BCUT2D eigenvalue weighted by molar-refractivity contribution is 0.0585. The van der Waals surface area contributed by atoms with Crippen molar-refractivity contribution < 1.29 is 9.53 Å². The normalized spacial score (nSPS) is 18.1. The highest BCUT2D eigenvalue weighted by molar-refractivity contribution is 7.71. The van der Waals surface area contributed by atoms with Gasteiger partial charge in [-0.2, -0.15) is 5.10 Å². The highest BCUT2D eigenvalue weighted by Gasteiger charge is 2.26. The summed E-state index contributed by atoms with van der Waals surface area (Å²) in [6.07, 6.45) is 4.25. The summed E-state index contributed by atoms with van der Waals surface area (Å²) in [5.41, 5.74) is 0.699. The second-order valence-corrected chi connectivity index (χ2v) is 7.20. The van der Waals surface area contributed by atoms with E-state index in [1.165, 1.54) is 12.8 Å². The van der Waals surface area contributed by atoms with Gasteiger partial charge in [-0.25, -0.2) is 4.68 Å². The molecule has 4 rings (SSSR count). The Morgan fingerprint density at radius 2 is 1.88 bits per heavy atom. The van der Waals surface area contributed by atoms with Gasteiger partial charge < -0.3 is 14.2 Å². The number of ether oxygens (including phenoxy) is 1. The molecule has 0 atom stereocenters. The minimum absolute atomic E-state index is 0.0712. The number of carbonyl (C=O) groups excluding carboxylic acids is 1. The zero-order chi connectivity index (χ0) is 18.1. The van der Waals surface area contributed by atoms with Crippen molar-refractivity contribution in [2.75, 3.05) is 33.3 Å². The van der Waals surface area contributed by atoms with E-state index in [1.54, 1.807) is 7.11 Å². The second kappa shape index (κ2) is 7.20. The molecule has 0 radical (unpaired) electrons. The van der Waals surface area contributed by atoms with Gasteiger partial charge in [-0.05, 0) is 49.3 Å². The molecule has 1 aliphatic heterocycles. The Bertz CT molecular complexity index is 832. The molecule has 1 aromatic heterocycles. The number of hydrogen-bond acceptors (Lipinski definition) is 5. The van der Waals surface area contributed by atoms with E-state index >= 15 is 0 Å². The number of benzene rings is 1. The van der Waals surface area contributed by atoms with Crippen LogP contribution < -0.4 is 4.74 Å². The quantitative estimate of drug-likeness (QED) is 0.752. The van der Waals surface area contributed by atoms with Crippen LogP contribution in [0.3, 0.4) is 0 Å². The molecule has 2 aliphatic rings. The molecule has 2 fully saturated rings. The van der Waals surface area contributed by atoms with Gasteiger partial charge in [0.1, 0.15) is 12.1 Å². The van der Waals surface area contributed by atoms with Crippen molar-refractivity contribution in [2.24, 2.45) is 0 Å². The standard InChI is InChI=1S/C18H23N5O2S/c1-25-16-6-2-14(3-7-16)17(24)21-10-8-20(9-11-21)13-23-18(26)22(12-19-23)15-4-5-15/h2-3,6-7,12,15H,4-5,8-11,13H2,1H3. The maximum atomic E-state index is 12.6. The first-order valence-electron chi connectivity index (χ1n) is 8.95. The van der Waals surface area contributed by atoms with Gasteiger partial charge in [0.05, 0.1) is 13.8 Å². The van der Waals surface area contributed by atoms with Crippen molar-refractivity contribution in [3.8, 4) is 5.75 Å². The maximum Gasteiger partial charge on any atom is 0.253 e. The van der Waals surface area contributed by atoms with Crippen molar-refractivity contribution in [2.45, 2.75) is 25.6 Å². The van der Waals surface area contributed by atoms with E-state index in [-0.39, 0.29) is 5.91 Å². The van der Waals surface area contributed by atoms with Crippen molar-refractivity contribution in [3.63, 3.8) is 0 Å². The molecule has 26 heavy (non-hydrogen) atoms. The summed E-state index contributed by atoms with van der Waals surface area (Å²) in [6.45, 7) is 3.74. The molecule has 0 N–H and O–H groups in total. The van der Waals surface area contributed by atoms with Crippen LogP contribution in [0.4, 0.5) is 0 Å². The first-order chi connectivity index (χ1) is 12.7. The molecule has 1 saturated heterocycles. The lowest BCUT2D eigenvalue weighted by Gasteiger charge is -2.34. The Morgan fingerprint density at radius 3 is 2.50 bits per heavy atom. The molecule has 1 aromatic carbocycles. The summed E-state index contributed by atoms with van der Waals surface area (Å²) in [4.78, 5) is 16.8. The van der Waals surface area contributed by atoms with E-state index in [0.717, 1.165) is 23.6 Å². The van der Waals surface area contributed by atoms with Crippen LogP contribution in [0, 0.1) is 4.77 Å². The predicted octanol–water partition coefficient (Wildman–Crippen LogP) is 2.17. The Hall–Kier alpha value is -2.19. The van der Waals surface area contributed by atoms with E-state index in [2.05, 4.69) is 14.6 Å². The number of amides is 1. The molecular formula is C18H23N5O2S. The van der Waals surface area contributed by atoms with Crippen LogP contribution in [0.5, 0.6) is 5.75 Å². The van der Waals surface area contributed by atoms with E-state index in [4.69, 9.17) is 17.0 Å². The molecule has 0 unspecified atom stereocenters. The van der Waals surface area contributed by atoms with Gasteiger partial charge in [0.2, 0.25) is 0 Å². The van der Waals surface area contributed by atoms with Gasteiger partial charge in [-0.3, -0.25) is 9.69 Å². The summed E-state index contributed by atoms with van der Waals surface area (Å²) in [6, 6.07) is 7.83. The van der Waals surface area contributed by atoms with Crippen LogP contribution in [0.1, 0.15) is 29.2 Å². The molecule has 1 saturated carbocycles. The molecule has 138 valence electrons. The van der Waals surface area contributed by atoms with Crippen LogP contribution in [0.2, 0.25) is 0 Å². The molecule has 1 amide bonds. The van der Waals surface area contributed by atoms with E-state index in [1.807, 2.05) is 40.2 Å². The summed E-state index contributed by atoms with van der Waals surface area (Å²) < 4.78 is 9.92. The predicted molar refractivity (Wildman–Crippen MR) is 99.8 cm³/mol. The van der Waals surface area contributed by atoms with Crippen LogP contribution >= 0.6 is 12.2 Å². The Morgan fingerprint density at radius 1 is 1.19 bits per heavy atom. The number of aromatic nitrogens is 3. The number of rotatable bonds is 5. The van der Waals surface area contributed by atoms with Crippen molar-refractivity contribution in [1.29, 1.82) is 0 Å². The van der Waals surface area contributed by atoms with Gasteiger partial charge >= 0.3 is 0 Å². The number of hydrogen-bond donors (Lipinski definition) is 0. The SMILES string of the molecule is COc1ccc(C(=O)N2CCN(Cn3ncn(C4CC4)c3=S)CC2)cc1. The Kier molecular flexibility index (Phi) is 4.78. The first kappa shape index (κ1) is 17.2. The zero-order valence-electron chi connectivity index (χ0n) is 14.9. The minimum atomic E-state index is 0.0712.